The topological polar surface area (TPSA) is 53.9 Å². The molecule has 0 bridgehead atoms. The van der Waals surface area contributed by atoms with Crippen LogP contribution in [0.3, 0.4) is 0 Å². The lowest BCUT2D eigenvalue weighted by Gasteiger charge is -2.17. The Kier molecular flexibility index (Phi) is 4.96. The fourth-order valence-electron chi connectivity index (χ4n) is 2.30. The van der Waals surface area contributed by atoms with E-state index in [-0.39, 0.29) is 5.82 Å². The van der Waals surface area contributed by atoms with Crippen LogP contribution in [0.2, 0.25) is 0 Å². The van der Waals surface area contributed by atoms with E-state index in [1.165, 1.54) is 12.3 Å². The molecule has 0 aliphatic carbocycles. The van der Waals surface area contributed by atoms with Gasteiger partial charge in [-0.25, -0.2) is 4.39 Å². The summed E-state index contributed by atoms with van der Waals surface area (Å²) >= 11 is 0. The molecule has 0 saturated carbocycles. The Bertz CT molecular complexity index is 794. The number of hydrogen-bond donors (Lipinski definition) is 1. The van der Waals surface area contributed by atoms with Crippen molar-refractivity contribution in [2.45, 2.75) is 13.1 Å². The van der Waals surface area contributed by atoms with E-state index in [4.69, 9.17) is 0 Å². The van der Waals surface area contributed by atoms with Crippen LogP contribution in [-0.2, 0) is 13.1 Å². The number of nitrogens with zero attached hydrogens (tertiary/aromatic N) is 4. The monoisotopic (exact) mass is 323 g/mol. The molecule has 24 heavy (non-hydrogen) atoms. The van der Waals surface area contributed by atoms with Crippen LogP contribution in [0.5, 0.6) is 0 Å². The SMILES string of the molecule is CN(Cc1ccccc1)c1nncc(NCc2ccccc2F)n1. The fraction of sp³-hybridized carbons (Fsp3) is 0.167. The number of rotatable bonds is 6. The van der Waals surface area contributed by atoms with Gasteiger partial charge in [0.25, 0.3) is 0 Å². The van der Waals surface area contributed by atoms with Gasteiger partial charge in [0.2, 0.25) is 5.95 Å². The summed E-state index contributed by atoms with van der Waals surface area (Å²) in [6.07, 6.45) is 1.53. The van der Waals surface area contributed by atoms with Gasteiger partial charge in [-0.05, 0) is 11.6 Å². The van der Waals surface area contributed by atoms with Gasteiger partial charge in [0, 0.05) is 25.7 Å². The predicted molar refractivity (Wildman–Crippen MR) is 92.1 cm³/mol. The molecule has 0 radical (unpaired) electrons. The first-order chi connectivity index (χ1) is 11.7. The number of benzene rings is 2. The molecule has 0 spiro atoms. The Morgan fingerprint density at radius 2 is 1.79 bits per heavy atom. The lowest BCUT2D eigenvalue weighted by atomic mass is 10.2. The largest absolute Gasteiger partial charge is 0.364 e. The van der Waals surface area contributed by atoms with E-state index < -0.39 is 0 Å². The summed E-state index contributed by atoms with van der Waals surface area (Å²) in [5, 5.41) is 11.1. The maximum atomic E-state index is 13.6. The first-order valence-corrected chi connectivity index (χ1v) is 7.64. The Hall–Kier alpha value is -3.02. The molecule has 1 N–H and O–H groups in total. The van der Waals surface area contributed by atoms with Crippen molar-refractivity contribution in [3.05, 3.63) is 77.7 Å². The van der Waals surface area contributed by atoms with E-state index in [9.17, 15) is 4.39 Å². The van der Waals surface area contributed by atoms with E-state index in [0.717, 1.165) is 5.56 Å². The molecule has 6 heteroatoms. The Morgan fingerprint density at radius 1 is 1.04 bits per heavy atom. The van der Waals surface area contributed by atoms with Gasteiger partial charge in [0.05, 0.1) is 6.20 Å². The third-order valence-corrected chi connectivity index (χ3v) is 3.57. The molecule has 3 aromatic rings. The second-order valence-electron chi connectivity index (χ2n) is 5.43. The van der Waals surface area contributed by atoms with Crippen LogP contribution in [0.1, 0.15) is 11.1 Å². The van der Waals surface area contributed by atoms with Gasteiger partial charge in [-0.2, -0.15) is 10.1 Å². The van der Waals surface area contributed by atoms with Crippen LogP contribution in [-0.4, -0.2) is 22.2 Å². The molecule has 0 fully saturated rings. The third-order valence-electron chi connectivity index (χ3n) is 3.57. The highest BCUT2D eigenvalue weighted by Gasteiger charge is 2.08. The average Bonchev–Trinajstić information content (AvgIpc) is 2.62. The van der Waals surface area contributed by atoms with Gasteiger partial charge >= 0.3 is 0 Å². The molecular weight excluding hydrogens is 305 g/mol. The van der Waals surface area contributed by atoms with E-state index in [0.29, 0.717) is 30.4 Å². The molecule has 0 unspecified atom stereocenters. The van der Waals surface area contributed by atoms with Crippen molar-refractivity contribution in [3.8, 4) is 0 Å². The van der Waals surface area contributed by atoms with Gasteiger partial charge < -0.3 is 10.2 Å². The number of anilines is 2. The van der Waals surface area contributed by atoms with Crippen LogP contribution in [0.15, 0.2) is 60.8 Å². The van der Waals surface area contributed by atoms with Crippen molar-refractivity contribution in [1.82, 2.24) is 15.2 Å². The first-order valence-electron chi connectivity index (χ1n) is 7.64. The van der Waals surface area contributed by atoms with Crippen molar-refractivity contribution >= 4 is 11.8 Å². The van der Waals surface area contributed by atoms with Crippen molar-refractivity contribution < 1.29 is 4.39 Å². The summed E-state index contributed by atoms with van der Waals surface area (Å²) in [6.45, 7) is 1.02. The molecule has 1 heterocycles. The van der Waals surface area contributed by atoms with Gasteiger partial charge in [-0.1, -0.05) is 48.5 Å². The van der Waals surface area contributed by atoms with E-state index in [1.54, 1.807) is 18.2 Å². The van der Waals surface area contributed by atoms with E-state index in [1.807, 2.05) is 42.3 Å². The van der Waals surface area contributed by atoms with Crippen LogP contribution in [0.25, 0.3) is 0 Å². The zero-order chi connectivity index (χ0) is 16.8. The smallest absolute Gasteiger partial charge is 0.247 e. The highest BCUT2D eigenvalue weighted by molar-refractivity contribution is 5.40. The van der Waals surface area contributed by atoms with Crippen LogP contribution in [0, 0.1) is 5.82 Å². The van der Waals surface area contributed by atoms with Gasteiger partial charge in [0.15, 0.2) is 5.82 Å². The number of nitrogens with one attached hydrogen (secondary N) is 1. The van der Waals surface area contributed by atoms with Gasteiger partial charge in [-0.3, -0.25) is 0 Å². The molecule has 0 aliphatic rings. The zero-order valence-corrected chi connectivity index (χ0v) is 13.4. The van der Waals surface area contributed by atoms with Crippen LogP contribution >= 0.6 is 0 Å². The molecule has 5 nitrogen and oxygen atoms in total. The Balaban J connectivity index is 1.66. The van der Waals surface area contributed by atoms with Crippen LogP contribution < -0.4 is 10.2 Å². The number of aromatic nitrogens is 3. The predicted octanol–water partition coefficient (Wildman–Crippen LogP) is 3.26. The summed E-state index contributed by atoms with van der Waals surface area (Å²) in [5.41, 5.74) is 1.74. The minimum absolute atomic E-state index is 0.242. The van der Waals surface area contributed by atoms with Crippen molar-refractivity contribution in [3.63, 3.8) is 0 Å². The van der Waals surface area contributed by atoms with Crippen LogP contribution in [0.4, 0.5) is 16.2 Å². The number of hydrogen-bond acceptors (Lipinski definition) is 5. The molecule has 2 aromatic carbocycles. The molecule has 0 amide bonds. The molecule has 3 rings (SSSR count). The molecule has 0 aliphatic heterocycles. The number of halogens is 1. The first kappa shape index (κ1) is 15.9. The summed E-state index contributed by atoms with van der Waals surface area (Å²) in [7, 11) is 1.91. The molecular formula is C18H18FN5. The summed E-state index contributed by atoms with van der Waals surface area (Å²) in [5.74, 6) is 0.828. The lowest BCUT2D eigenvalue weighted by Crippen LogP contribution is -2.20. The third kappa shape index (κ3) is 4.04. The Morgan fingerprint density at radius 3 is 2.58 bits per heavy atom. The molecule has 0 atom stereocenters. The second-order valence-corrected chi connectivity index (χ2v) is 5.43. The summed E-state index contributed by atoms with van der Waals surface area (Å²) in [6, 6.07) is 16.7. The maximum absolute atomic E-state index is 13.6. The summed E-state index contributed by atoms with van der Waals surface area (Å²) < 4.78 is 13.6. The highest BCUT2D eigenvalue weighted by Crippen LogP contribution is 2.13. The summed E-state index contributed by atoms with van der Waals surface area (Å²) in [4.78, 5) is 6.35. The van der Waals surface area contributed by atoms with Gasteiger partial charge in [-0.15, -0.1) is 5.10 Å². The van der Waals surface area contributed by atoms with E-state index in [2.05, 4.69) is 20.5 Å². The van der Waals surface area contributed by atoms with Crippen molar-refractivity contribution in [2.24, 2.45) is 0 Å². The minimum Gasteiger partial charge on any atom is -0.364 e. The Labute approximate surface area is 140 Å². The quantitative estimate of drug-likeness (QED) is 0.754. The molecule has 122 valence electrons. The molecule has 1 aromatic heterocycles. The van der Waals surface area contributed by atoms with E-state index >= 15 is 0 Å². The van der Waals surface area contributed by atoms with Crippen molar-refractivity contribution in [1.29, 1.82) is 0 Å². The zero-order valence-electron chi connectivity index (χ0n) is 13.4. The normalized spacial score (nSPS) is 10.4. The lowest BCUT2D eigenvalue weighted by molar-refractivity contribution is 0.613. The average molecular weight is 323 g/mol. The highest BCUT2D eigenvalue weighted by atomic mass is 19.1. The van der Waals surface area contributed by atoms with Crippen molar-refractivity contribution in [2.75, 3.05) is 17.3 Å². The minimum atomic E-state index is -0.242. The molecule has 0 saturated heterocycles. The second kappa shape index (κ2) is 7.50. The fourth-order valence-corrected chi connectivity index (χ4v) is 2.30. The van der Waals surface area contributed by atoms with Gasteiger partial charge in [0.1, 0.15) is 5.82 Å². The maximum Gasteiger partial charge on any atom is 0.247 e. The standard InChI is InChI=1S/C18H18FN5/c1-24(13-14-7-3-2-4-8-14)18-22-17(12-21-23-18)20-11-15-9-5-6-10-16(15)19/h2-10,12H,11,13H2,1H3,(H,20,22,23).